The van der Waals surface area contributed by atoms with E-state index < -0.39 is 17.6 Å². The smallest absolute Gasteiger partial charge is 0.301 e. The lowest BCUT2D eigenvalue weighted by Gasteiger charge is -2.14. The highest BCUT2D eigenvalue weighted by Crippen LogP contribution is 2.36. The maximum absolute atomic E-state index is 12.7. The summed E-state index contributed by atoms with van der Waals surface area (Å²) in [5.41, 5.74) is 0.710. The average molecular weight is 325 g/mol. The summed E-state index contributed by atoms with van der Waals surface area (Å²) in [6, 6.07) is 13.2. The third-order valence-electron chi connectivity index (χ3n) is 3.75. The molecule has 0 fully saturated rings. The first-order valence-electron chi connectivity index (χ1n) is 7.18. The maximum Gasteiger partial charge on any atom is 0.301 e. The fourth-order valence-electron chi connectivity index (χ4n) is 2.58. The predicted octanol–water partition coefficient (Wildman–Crippen LogP) is 2.55. The monoisotopic (exact) mass is 325 g/mol. The lowest BCUT2D eigenvalue weighted by molar-refractivity contribution is -0.121. The number of benzene rings is 2. The largest absolute Gasteiger partial charge is 0.502 e. The molecule has 1 aliphatic heterocycles. The number of aliphatic hydroxyl groups is 1. The van der Waals surface area contributed by atoms with E-state index in [4.69, 9.17) is 9.47 Å². The van der Waals surface area contributed by atoms with E-state index in [1.54, 1.807) is 48.5 Å². The zero-order valence-corrected chi connectivity index (χ0v) is 13.1. The van der Waals surface area contributed by atoms with Gasteiger partial charge in [-0.25, -0.2) is 4.90 Å². The van der Waals surface area contributed by atoms with Gasteiger partial charge in [0.1, 0.15) is 0 Å². The zero-order chi connectivity index (χ0) is 17.3. The van der Waals surface area contributed by atoms with Gasteiger partial charge >= 0.3 is 5.91 Å². The van der Waals surface area contributed by atoms with Crippen LogP contribution in [0.1, 0.15) is 5.56 Å². The Labute approximate surface area is 138 Å². The topological polar surface area (TPSA) is 76.1 Å². The number of amides is 2. The lowest BCUT2D eigenvalue weighted by atomic mass is 10.0. The number of ether oxygens (including phenoxy) is 2. The first-order chi connectivity index (χ1) is 11.6. The number of para-hydroxylation sites is 1. The number of hydrogen-bond donors (Lipinski definition) is 1. The molecule has 1 heterocycles. The van der Waals surface area contributed by atoms with Crippen LogP contribution in [-0.4, -0.2) is 31.1 Å². The zero-order valence-electron chi connectivity index (χ0n) is 13.1. The van der Waals surface area contributed by atoms with Gasteiger partial charge in [-0.15, -0.1) is 0 Å². The number of aliphatic hydroxyl groups excluding tert-OH is 1. The molecule has 6 heteroatoms. The van der Waals surface area contributed by atoms with Crippen molar-refractivity contribution in [3.05, 3.63) is 59.9 Å². The summed E-state index contributed by atoms with van der Waals surface area (Å²) in [5, 5.41) is 10.2. The normalized spacial score (nSPS) is 14.3. The molecule has 2 aromatic carbocycles. The molecule has 1 aliphatic rings. The minimum atomic E-state index is -0.754. The third-order valence-corrected chi connectivity index (χ3v) is 3.75. The fourth-order valence-corrected chi connectivity index (χ4v) is 2.58. The molecule has 2 aromatic rings. The first-order valence-corrected chi connectivity index (χ1v) is 7.18. The Kier molecular flexibility index (Phi) is 3.95. The van der Waals surface area contributed by atoms with Crippen LogP contribution >= 0.6 is 0 Å². The molecule has 0 bridgehead atoms. The molecule has 0 aliphatic carbocycles. The highest BCUT2D eigenvalue weighted by atomic mass is 16.5. The van der Waals surface area contributed by atoms with Gasteiger partial charge in [0, 0.05) is 0 Å². The van der Waals surface area contributed by atoms with Crippen LogP contribution in [0.4, 0.5) is 5.69 Å². The maximum atomic E-state index is 12.7. The van der Waals surface area contributed by atoms with E-state index >= 15 is 0 Å². The number of hydrogen-bond acceptors (Lipinski definition) is 5. The standard InChI is InChI=1S/C18H15NO5/c1-23-13-9-8-11(10-14(13)24-2)15-16(20)18(22)19(17(15)21)12-6-4-3-5-7-12/h3-10,20H,1-2H3. The van der Waals surface area contributed by atoms with Gasteiger partial charge in [0.15, 0.2) is 17.3 Å². The highest BCUT2D eigenvalue weighted by molar-refractivity contribution is 6.44. The van der Waals surface area contributed by atoms with Gasteiger partial charge in [-0.3, -0.25) is 9.59 Å². The van der Waals surface area contributed by atoms with Crippen molar-refractivity contribution in [1.82, 2.24) is 0 Å². The van der Waals surface area contributed by atoms with Crippen molar-refractivity contribution < 1.29 is 24.2 Å². The lowest BCUT2D eigenvalue weighted by Crippen LogP contribution is -2.31. The molecule has 0 spiro atoms. The Morgan fingerprint density at radius 1 is 0.875 bits per heavy atom. The summed E-state index contributed by atoms with van der Waals surface area (Å²) in [6.45, 7) is 0. The second-order valence-corrected chi connectivity index (χ2v) is 5.07. The van der Waals surface area contributed by atoms with E-state index in [0.717, 1.165) is 4.90 Å². The summed E-state index contributed by atoms with van der Waals surface area (Å²) in [5.74, 6) is -1.05. The van der Waals surface area contributed by atoms with Gasteiger partial charge in [-0.05, 0) is 29.8 Å². The number of rotatable bonds is 4. The fraction of sp³-hybridized carbons (Fsp3) is 0.111. The minimum absolute atomic E-state index is 0.0650. The van der Waals surface area contributed by atoms with Gasteiger partial charge in [0.05, 0.1) is 25.5 Å². The van der Waals surface area contributed by atoms with Crippen LogP contribution in [0.2, 0.25) is 0 Å². The van der Waals surface area contributed by atoms with E-state index in [9.17, 15) is 14.7 Å². The summed E-state index contributed by atoms with van der Waals surface area (Å²) in [7, 11) is 2.96. The first kappa shape index (κ1) is 15.6. The molecule has 0 unspecified atom stereocenters. The molecular weight excluding hydrogens is 310 g/mol. The molecule has 0 saturated carbocycles. The van der Waals surface area contributed by atoms with E-state index in [-0.39, 0.29) is 5.57 Å². The van der Waals surface area contributed by atoms with Crippen LogP contribution in [-0.2, 0) is 9.59 Å². The van der Waals surface area contributed by atoms with Crippen LogP contribution in [0, 0.1) is 0 Å². The average Bonchev–Trinajstić information content (AvgIpc) is 2.84. The molecule has 0 radical (unpaired) electrons. The minimum Gasteiger partial charge on any atom is -0.502 e. The number of anilines is 1. The van der Waals surface area contributed by atoms with E-state index in [1.165, 1.54) is 14.2 Å². The molecule has 6 nitrogen and oxygen atoms in total. The highest BCUT2D eigenvalue weighted by Gasteiger charge is 2.40. The number of nitrogens with zero attached hydrogens (tertiary/aromatic N) is 1. The Bertz CT molecular complexity index is 842. The van der Waals surface area contributed by atoms with Crippen LogP contribution in [0.15, 0.2) is 54.3 Å². The Hall–Kier alpha value is -3.28. The molecule has 0 aromatic heterocycles. The summed E-state index contributed by atoms with van der Waals surface area (Å²) in [6.07, 6.45) is 0. The van der Waals surface area contributed by atoms with Gasteiger partial charge in [0.25, 0.3) is 5.91 Å². The summed E-state index contributed by atoms with van der Waals surface area (Å²) < 4.78 is 10.4. The van der Waals surface area contributed by atoms with Gasteiger partial charge in [-0.1, -0.05) is 24.3 Å². The van der Waals surface area contributed by atoms with Crippen LogP contribution < -0.4 is 14.4 Å². The van der Waals surface area contributed by atoms with Crippen molar-refractivity contribution >= 4 is 23.1 Å². The van der Waals surface area contributed by atoms with Crippen LogP contribution in [0.3, 0.4) is 0 Å². The summed E-state index contributed by atoms with van der Waals surface area (Å²) in [4.78, 5) is 26.0. The van der Waals surface area contributed by atoms with Crippen LogP contribution in [0.25, 0.3) is 5.57 Å². The third kappa shape index (κ3) is 2.38. The number of methoxy groups -OCH3 is 2. The van der Waals surface area contributed by atoms with Crippen molar-refractivity contribution in [1.29, 1.82) is 0 Å². The van der Waals surface area contributed by atoms with E-state index in [2.05, 4.69) is 0 Å². The van der Waals surface area contributed by atoms with Crippen LogP contribution in [0.5, 0.6) is 11.5 Å². The molecule has 122 valence electrons. The molecule has 1 N–H and O–H groups in total. The van der Waals surface area contributed by atoms with Gasteiger partial charge < -0.3 is 14.6 Å². The molecule has 0 atom stereocenters. The molecular formula is C18H15NO5. The van der Waals surface area contributed by atoms with E-state index in [0.29, 0.717) is 22.7 Å². The Morgan fingerprint density at radius 2 is 1.54 bits per heavy atom. The van der Waals surface area contributed by atoms with Crippen molar-refractivity contribution in [3.63, 3.8) is 0 Å². The van der Waals surface area contributed by atoms with Crippen molar-refractivity contribution in [2.45, 2.75) is 0 Å². The van der Waals surface area contributed by atoms with E-state index in [1.807, 2.05) is 0 Å². The van der Waals surface area contributed by atoms with Crippen molar-refractivity contribution in [2.24, 2.45) is 0 Å². The number of imide groups is 1. The molecule has 3 rings (SSSR count). The number of carbonyl (C=O) groups is 2. The molecule has 24 heavy (non-hydrogen) atoms. The SMILES string of the molecule is COc1ccc(C2=C(O)C(=O)N(c3ccccc3)C2=O)cc1OC. The van der Waals surface area contributed by atoms with Crippen molar-refractivity contribution in [3.8, 4) is 11.5 Å². The Balaban J connectivity index is 2.06. The number of carbonyl (C=O) groups excluding carboxylic acids is 2. The molecule has 2 amide bonds. The summed E-state index contributed by atoms with van der Waals surface area (Å²) >= 11 is 0. The second-order valence-electron chi connectivity index (χ2n) is 5.07. The van der Waals surface area contributed by atoms with Crippen molar-refractivity contribution in [2.75, 3.05) is 19.1 Å². The molecule has 0 saturated heterocycles. The predicted molar refractivity (Wildman–Crippen MR) is 88.0 cm³/mol. The quantitative estimate of drug-likeness (QED) is 0.874. The Morgan fingerprint density at radius 3 is 2.17 bits per heavy atom. The van der Waals surface area contributed by atoms with Gasteiger partial charge in [0.2, 0.25) is 0 Å². The second kappa shape index (κ2) is 6.08. The van der Waals surface area contributed by atoms with Gasteiger partial charge in [-0.2, -0.15) is 0 Å².